The Bertz CT molecular complexity index is 1730. The molecule has 6 aromatic carbocycles. The van der Waals surface area contributed by atoms with E-state index in [0.717, 1.165) is 32.6 Å². The van der Waals surface area contributed by atoms with Crippen molar-refractivity contribution in [2.24, 2.45) is 0 Å². The Kier molecular flexibility index (Phi) is 11.5. The Labute approximate surface area is 307 Å². The maximum absolute atomic E-state index is 15.4. The van der Waals surface area contributed by atoms with Crippen molar-refractivity contribution in [3.63, 3.8) is 0 Å². The molecule has 0 unspecified atom stereocenters. The van der Waals surface area contributed by atoms with Crippen molar-refractivity contribution < 1.29 is 29.7 Å². The molecule has 0 saturated carbocycles. The van der Waals surface area contributed by atoms with E-state index in [1.54, 1.807) is 0 Å². The van der Waals surface area contributed by atoms with Gasteiger partial charge in [0.2, 0.25) is 0 Å². The molecule has 0 heterocycles. The number of benzene rings is 6. The predicted molar refractivity (Wildman–Crippen MR) is 210 cm³/mol. The molecule has 0 aliphatic carbocycles. The molecule has 49 heavy (non-hydrogen) atoms. The van der Waals surface area contributed by atoms with Crippen molar-refractivity contribution in [1.29, 1.82) is 0 Å². The molecule has 0 aliphatic heterocycles. The van der Waals surface area contributed by atoms with E-state index in [9.17, 15) is 0 Å². The first-order valence-electron chi connectivity index (χ1n) is 16.6. The van der Waals surface area contributed by atoms with Crippen LogP contribution in [0.4, 0.5) is 0 Å². The van der Waals surface area contributed by atoms with Gasteiger partial charge >= 0.3 is 5.97 Å². The molecule has 0 bridgehead atoms. The first-order chi connectivity index (χ1) is 23.2. The fraction of sp³-hybridized carbons (Fsp3) is 0.159. The summed E-state index contributed by atoms with van der Waals surface area (Å²) in [6, 6.07) is 51.2. The summed E-state index contributed by atoms with van der Waals surface area (Å²) in [5.74, 6) is -0.179. The zero-order chi connectivity index (χ0) is 33.9. The van der Waals surface area contributed by atoms with E-state index in [-0.39, 0.29) is 32.6 Å². The van der Waals surface area contributed by atoms with Crippen molar-refractivity contribution in [3.8, 4) is 0 Å². The van der Waals surface area contributed by atoms with Crippen LogP contribution < -0.4 is 31.8 Å². The van der Waals surface area contributed by atoms with Crippen LogP contribution in [0.15, 0.2) is 146 Å². The molecule has 0 aromatic heterocycles. The first-order valence-corrected chi connectivity index (χ1v) is 20.2. The van der Waals surface area contributed by atoms with Crippen LogP contribution >= 0.6 is 14.8 Å². The molecule has 0 amide bonds. The normalized spacial score (nSPS) is 11.5. The fourth-order valence-corrected chi connectivity index (χ4v) is 16.2. The van der Waals surface area contributed by atoms with Crippen LogP contribution in [0.25, 0.3) is 0 Å². The van der Waals surface area contributed by atoms with Gasteiger partial charge in [-0.3, -0.25) is 4.52 Å². The maximum Gasteiger partial charge on any atom is 0.389 e. The van der Waals surface area contributed by atoms with Gasteiger partial charge in [-0.2, -0.15) is 0 Å². The average Bonchev–Trinajstić information content (AvgIpc) is 3.08. The molecule has 250 valence electrons. The van der Waals surface area contributed by atoms with Gasteiger partial charge in [-0.05, 0) is 111 Å². The summed E-state index contributed by atoms with van der Waals surface area (Å²) in [5.41, 5.74) is 6.89. The van der Waals surface area contributed by atoms with Crippen molar-refractivity contribution in [2.75, 3.05) is 6.16 Å². The quantitative estimate of drug-likeness (QED) is 0.109. The molecule has 0 atom stereocenters. The molecule has 0 radical (unpaired) electrons. The van der Waals surface area contributed by atoms with Crippen LogP contribution in [-0.4, -0.2) is 12.1 Å². The molecule has 0 aliphatic rings. The monoisotopic (exact) mass is 772 g/mol. The third-order valence-electron chi connectivity index (χ3n) is 9.55. The average molecular weight is 773 g/mol. The fourth-order valence-electron chi connectivity index (χ4n) is 7.28. The number of rotatable bonds is 9. The molecular formula is C44H44O2P2Pd+2. The van der Waals surface area contributed by atoms with E-state index in [4.69, 9.17) is 4.52 Å². The van der Waals surface area contributed by atoms with Gasteiger partial charge in [-0.25, -0.2) is 4.79 Å². The van der Waals surface area contributed by atoms with E-state index in [2.05, 4.69) is 187 Å². The summed E-state index contributed by atoms with van der Waals surface area (Å²) in [6.45, 7) is 12.9. The van der Waals surface area contributed by atoms with Gasteiger partial charge in [0.05, 0.1) is 0 Å². The summed E-state index contributed by atoms with van der Waals surface area (Å²) >= 11 is 0. The first kappa shape index (κ1) is 36.6. The van der Waals surface area contributed by atoms with Crippen LogP contribution in [0.3, 0.4) is 0 Å². The summed E-state index contributed by atoms with van der Waals surface area (Å²) in [4.78, 5) is 15.4. The van der Waals surface area contributed by atoms with Crippen LogP contribution in [0, 0.1) is 41.5 Å². The SMILES string of the molecule is Cc1ccccc1[P+](CC(=O)O[P+](c1ccccc1C)(c1ccccc1C)c1ccccc1C)(c1ccccc1C)c1ccccc1C.[Pd]. The van der Waals surface area contributed by atoms with Crippen molar-refractivity contribution in [2.45, 2.75) is 41.5 Å². The maximum atomic E-state index is 15.4. The minimum absolute atomic E-state index is 0. The second kappa shape index (κ2) is 15.5. The summed E-state index contributed by atoms with van der Waals surface area (Å²) in [7, 11) is -5.53. The predicted octanol–water partition coefficient (Wildman–Crippen LogP) is 8.28. The van der Waals surface area contributed by atoms with Gasteiger partial charge < -0.3 is 0 Å². The van der Waals surface area contributed by atoms with Gasteiger partial charge in [-0.1, -0.05) is 109 Å². The zero-order valence-electron chi connectivity index (χ0n) is 29.1. The van der Waals surface area contributed by atoms with Gasteiger partial charge in [0.1, 0.15) is 39.1 Å². The van der Waals surface area contributed by atoms with Gasteiger partial charge in [0.15, 0.2) is 6.16 Å². The Morgan fingerprint density at radius 1 is 0.408 bits per heavy atom. The Morgan fingerprint density at radius 2 is 0.633 bits per heavy atom. The van der Waals surface area contributed by atoms with E-state index >= 15 is 4.79 Å². The standard InChI is InChI=1S/C44H44O2P2.Pd/c1-32-19-7-13-25-38(32)47(39-26-14-8-20-33(39)2,40-27-15-9-21-34(40)3)31-44(45)46-48(41-28-16-10-22-35(41)4,42-29-17-11-23-36(42)5)43-30-18-12-24-37(43)6;/h7-30H,31H2,1-6H3;/q+2;. The molecule has 0 saturated heterocycles. The molecule has 6 aromatic rings. The Morgan fingerprint density at radius 3 is 0.878 bits per heavy atom. The van der Waals surface area contributed by atoms with E-state index in [1.165, 1.54) is 32.6 Å². The third-order valence-corrected chi connectivity index (χ3v) is 18.3. The third kappa shape index (κ3) is 6.76. The summed E-state index contributed by atoms with van der Waals surface area (Å²) in [6.07, 6.45) is 0.249. The van der Waals surface area contributed by atoms with Crippen LogP contribution in [0.1, 0.15) is 33.4 Å². The topological polar surface area (TPSA) is 26.3 Å². The van der Waals surface area contributed by atoms with Crippen molar-refractivity contribution in [3.05, 3.63) is 179 Å². The van der Waals surface area contributed by atoms with Crippen LogP contribution in [-0.2, 0) is 29.7 Å². The minimum Gasteiger partial charge on any atom is -0.293 e. The van der Waals surface area contributed by atoms with Crippen LogP contribution in [0.2, 0.25) is 0 Å². The van der Waals surface area contributed by atoms with Gasteiger partial charge in [-0.15, -0.1) is 0 Å². The van der Waals surface area contributed by atoms with Gasteiger partial charge in [0, 0.05) is 20.4 Å². The van der Waals surface area contributed by atoms with Gasteiger partial charge in [0.25, 0.3) is 7.49 Å². The molecule has 5 heteroatoms. The second-order valence-electron chi connectivity index (χ2n) is 12.8. The van der Waals surface area contributed by atoms with E-state index in [0.29, 0.717) is 0 Å². The number of carbonyl (C=O) groups is 1. The molecule has 0 N–H and O–H groups in total. The smallest absolute Gasteiger partial charge is 0.293 e. The van der Waals surface area contributed by atoms with Crippen molar-refractivity contribution in [1.82, 2.24) is 0 Å². The van der Waals surface area contributed by atoms with Crippen molar-refractivity contribution >= 4 is 52.5 Å². The number of hydrogen-bond donors (Lipinski definition) is 0. The second-order valence-corrected chi connectivity index (χ2v) is 19.0. The Balaban J connectivity index is 0.00000468. The molecular weight excluding hydrogens is 729 g/mol. The van der Waals surface area contributed by atoms with Crippen LogP contribution in [0.5, 0.6) is 0 Å². The number of carbonyl (C=O) groups excluding carboxylic acids is 1. The Hall–Kier alpha value is -3.69. The molecule has 2 nitrogen and oxygen atoms in total. The van der Waals surface area contributed by atoms with E-state index < -0.39 is 14.8 Å². The number of aryl methyl sites for hydroxylation is 6. The van der Waals surface area contributed by atoms with E-state index in [1.807, 2.05) is 0 Å². The summed E-state index contributed by atoms with van der Waals surface area (Å²) in [5, 5.41) is 6.89. The molecule has 0 fully saturated rings. The molecule has 0 spiro atoms. The summed E-state index contributed by atoms with van der Waals surface area (Å²) < 4.78 is 7.38. The zero-order valence-corrected chi connectivity index (χ0v) is 32.4. The minimum atomic E-state index is -2.95. The molecule has 6 rings (SSSR count). The number of hydrogen-bond acceptors (Lipinski definition) is 2. The largest absolute Gasteiger partial charge is 0.389 e.